The van der Waals surface area contributed by atoms with Gasteiger partial charge in [0.1, 0.15) is 6.04 Å². The standard InChI is InChI=1S/C25H31Cl2N3O6S/c1-4-21(25(32)28-5-2)29(15-17-8-10-19(26)20(27)13-17)24(31)7-6-12-30(37(3,33)34)18-9-11-22-23(14-18)36-16-35-22/h8-11,13-14,21H,4-7,12,15-16H2,1-3H3,(H,28,32). The lowest BCUT2D eigenvalue weighted by Crippen LogP contribution is -2.49. The van der Waals surface area contributed by atoms with Crippen LogP contribution in [-0.2, 0) is 26.2 Å². The molecular weight excluding hydrogens is 541 g/mol. The summed E-state index contributed by atoms with van der Waals surface area (Å²) in [6.45, 7) is 4.38. The molecule has 0 aliphatic carbocycles. The molecule has 0 bridgehead atoms. The lowest BCUT2D eigenvalue weighted by atomic mass is 10.1. The number of rotatable bonds is 12. The highest BCUT2D eigenvalue weighted by molar-refractivity contribution is 7.92. The van der Waals surface area contributed by atoms with Crippen molar-refractivity contribution in [2.24, 2.45) is 0 Å². The Hall–Kier alpha value is -2.69. The summed E-state index contributed by atoms with van der Waals surface area (Å²) in [4.78, 5) is 27.7. The summed E-state index contributed by atoms with van der Waals surface area (Å²) in [5, 5.41) is 3.53. The lowest BCUT2D eigenvalue weighted by molar-refractivity contribution is -0.141. The van der Waals surface area contributed by atoms with E-state index in [9.17, 15) is 18.0 Å². The number of fused-ring (bicyclic) bond motifs is 1. The molecule has 0 spiro atoms. The maximum atomic E-state index is 13.4. The minimum absolute atomic E-state index is 0.0355. The molecule has 1 aliphatic heterocycles. The van der Waals surface area contributed by atoms with Crippen LogP contribution < -0.4 is 19.1 Å². The van der Waals surface area contributed by atoms with Gasteiger partial charge in [-0.15, -0.1) is 0 Å². The van der Waals surface area contributed by atoms with E-state index in [0.717, 1.165) is 11.8 Å². The van der Waals surface area contributed by atoms with Crippen LogP contribution in [0.25, 0.3) is 0 Å². The molecule has 12 heteroatoms. The molecule has 0 fully saturated rings. The number of nitrogens with zero attached hydrogens (tertiary/aromatic N) is 2. The number of halogens is 2. The van der Waals surface area contributed by atoms with Crippen molar-refractivity contribution in [1.82, 2.24) is 10.2 Å². The molecule has 2 aromatic rings. The molecule has 0 aromatic heterocycles. The predicted molar refractivity (Wildman–Crippen MR) is 144 cm³/mol. The Kier molecular flexibility index (Phi) is 9.92. The van der Waals surface area contributed by atoms with E-state index in [2.05, 4.69) is 5.32 Å². The second kappa shape index (κ2) is 12.7. The summed E-state index contributed by atoms with van der Waals surface area (Å²) < 4.78 is 37.0. The van der Waals surface area contributed by atoms with Crippen LogP contribution in [0.2, 0.25) is 10.0 Å². The SMILES string of the molecule is CCNC(=O)C(CC)N(Cc1ccc(Cl)c(Cl)c1)C(=O)CCCN(c1ccc2c(c1)OCO2)S(C)(=O)=O. The fourth-order valence-corrected chi connectivity index (χ4v) is 5.37. The topological polar surface area (TPSA) is 105 Å². The number of sulfonamides is 1. The second-order valence-corrected chi connectivity index (χ2v) is 11.3. The second-order valence-electron chi connectivity index (χ2n) is 8.56. The highest BCUT2D eigenvalue weighted by Crippen LogP contribution is 2.36. The van der Waals surface area contributed by atoms with Gasteiger partial charge < -0.3 is 19.7 Å². The van der Waals surface area contributed by atoms with E-state index >= 15 is 0 Å². The fraction of sp³-hybridized carbons (Fsp3) is 0.440. The molecule has 9 nitrogen and oxygen atoms in total. The number of amides is 2. The van der Waals surface area contributed by atoms with Crippen molar-refractivity contribution < 1.29 is 27.5 Å². The Bertz CT molecular complexity index is 1240. The first-order valence-electron chi connectivity index (χ1n) is 11.9. The zero-order chi connectivity index (χ0) is 27.2. The van der Waals surface area contributed by atoms with Crippen molar-refractivity contribution in [2.45, 2.75) is 45.7 Å². The number of ether oxygens (including phenoxy) is 2. The molecular formula is C25H31Cl2N3O6S. The number of nitrogens with one attached hydrogen (secondary N) is 1. The predicted octanol–water partition coefficient (Wildman–Crippen LogP) is 4.21. The average molecular weight is 573 g/mol. The van der Waals surface area contributed by atoms with Gasteiger partial charge >= 0.3 is 0 Å². The minimum atomic E-state index is -3.63. The molecule has 0 saturated carbocycles. The number of carbonyl (C=O) groups excluding carboxylic acids is 2. The largest absolute Gasteiger partial charge is 0.454 e. The maximum Gasteiger partial charge on any atom is 0.242 e. The van der Waals surface area contributed by atoms with Crippen LogP contribution in [0.15, 0.2) is 36.4 Å². The number of likely N-dealkylation sites (N-methyl/N-ethyl adjacent to an activating group) is 1. The van der Waals surface area contributed by atoms with E-state index in [1.165, 1.54) is 9.21 Å². The van der Waals surface area contributed by atoms with E-state index in [0.29, 0.717) is 40.2 Å². The van der Waals surface area contributed by atoms with Crippen molar-refractivity contribution >= 4 is 50.7 Å². The summed E-state index contributed by atoms with van der Waals surface area (Å²) in [6.07, 6.45) is 1.79. The van der Waals surface area contributed by atoms with Gasteiger partial charge in [-0.05, 0) is 49.6 Å². The van der Waals surface area contributed by atoms with Crippen molar-refractivity contribution in [2.75, 3.05) is 30.4 Å². The minimum Gasteiger partial charge on any atom is -0.454 e. The normalized spacial score (nSPS) is 13.2. The number of carbonyl (C=O) groups is 2. The average Bonchev–Trinajstić information content (AvgIpc) is 3.31. The van der Waals surface area contributed by atoms with Gasteiger partial charge in [-0.25, -0.2) is 8.42 Å². The smallest absolute Gasteiger partial charge is 0.242 e. The molecule has 2 aromatic carbocycles. The maximum absolute atomic E-state index is 13.4. The van der Waals surface area contributed by atoms with E-state index < -0.39 is 16.1 Å². The Labute approximate surface area is 227 Å². The molecule has 1 unspecified atom stereocenters. The van der Waals surface area contributed by atoms with Gasteiger partial charge in [0.15, 0.2) is 11.5 Å². The van der Waals surface area contributed by atoms with Gasteiger partial charge in [0.2, 0.25) is 28.6 Å². The van der Waals surface area contributed by atoms with Crippen molar-refractivity contribution in [1.29, 1.82) is 0 Å². The Morgan fingerprint density at radius 1 is 1.05 bits per heavy atom. The third-order valence-electron chi connectivity index (χ3n) is 5.87. The first-order valence-corrected chi connectivity index (χ1v) is 14.5. The third-order valence-corrected chi connectivity index (χ3v) is 7.80. The molecule has 1 N–H and O–H groups in total. The van der Waals surface area contributed by atoms with Gasteiger partial charge in [0, 0.05) is 32.1 Å². The molecule has 202 valence electrons. The van der Waals surface area contributed by atoms with Crippen LogP contribution in [-0.4, -0.2) is 57.3 Å². The molecule has 2 amide bonds. The van der Waals surface area contributed by atoms with E-state index in [1.54, 1.807) is 36.4 Å². The summed E-state index contributed by atoms with van der Waals surface area (Å²) in [5.74, 6) is 0.476. The highest BCUT2D eigenvalue weighted by atomic mass is 35.5. The highest BCUT2D eigenvalue weighted by Gasteiger charge is 2.29. The fourth-order valence-electron chi connectivity index (χ4n) is 4.09. The van der Waals surface area contributed by atoms with Crippen LogP contribution >= 0.6 is 23.2 Å². The van der Waals surface area contributed by atoms with Gasteiger partial charge in [0.25, 0.3) is 0 Å². The molecule has 0 radical (unpaired) electrons. The van der Waals surface area contributed by atoms with Crippen LogP contribution in [0.5, 0.6) is 11.5 Å². The van der Waals surface area contributed by atoms with Gasteiger partial charge in [-0.3, -0.25) is 13.9 Å². The number of benzene rings is 2. The zero-order valence-electron chi connectivity index (χ0n) is 21.0. The Morgan fingerprint density at radius 3 is 2.43 bits per heavy atom. The van der Waals surface area contributed by atoms with Crippen LogP contribution in [0, 0.1) is 0 Å². The molecule has 3 rings (SSSR count). The van der Waals surface area contributed by atoms with Crippen molar-refractivity contribution in [3.8, 4) is 11.5 Å². The molecule has 1 aliphatic rings. The first kappa shape index (κ1) is 28.9. The van der Waals surface area contributed by atoms with Crippen molar-refractivity contribution in [3.05, 3.63) is 52.0 Å². The lowest BCUT2D eigenvalue weighted by Gasteiger charge is -2.31. The quantitative estimate of drug-likeness (QED) is 0.409. The first-order chi connectivity index (χ1) is 17.5. The summed E-state index contributed by atoms with van der Waals surface area (Å²) in [7, 11) is -3.63. The Morgan fingerprint density at radius 2 is 1.78 bits per heavy atom. The van der Waals surface area contributed by atoms with E-state index in [-0.39, 0.29) is 44.5 Å². The molecule has 1 atom stereocenters. The van der Waals surface area contributed by atoms with E-state index in [4.69, 9.17) is 32.7 Å². The number of hydrogen-bond donors (Lipinski definition) is 1. The van der Waals surface area contributed by atoms with Crippen molar-refractivity contribution in [3.63, 3.8) is 0 Å². The molecule has 0 saturated heterocycles. The monoisotopic (exact) mass is 571 g/mol. The number of hydrogen-bond acceptors (Lipinski definition) is 6. The number of anilines is 1. The van der Waals surface area contributed by atoms with Gasteiger partial charge in [-0.1, -0.05) is 36.2 Å². The van der Waals surface area contributed by atoms with Crippen LogP contribution in [0.3, 0.4) is 0 Å². The van der Waals surface area contributed by atoms with Gasteiger partial charge in [-0.2, -0.15) is 0 Å². The molecule has 1 heterocycles. The summed E-state index contributed by atoms with van der Waals surface area (Å²) >= 11 is 12.2. The zero-order valence-corrected chi connectivity index (χ0v) is 23.3. The molecule has 37 heavy (non-hydrogen) atoms. The Balaban J connectivity index is 1.77. The van der Waals surface area contributed by atoms with Gasteiger partial charge in [0.05, 0.1) is 22.0 Å². The third kappa shape index (κ3) is 7.43. The summed E-state index contributed by atoms with van der Waals surface area (Å²) in [5.41, 5.74) is 1.14. The summed E-state index contributed by atoms with van der Waals surface area (Å²) in [6, 6.07) is 9.26. The van der Waals surface area contributed by atoms with E-state index in [1.807, 2.05) is 13.8 Å². The van der Waals surface area contributed by atoms with Crippen LogP contribution in [0.4, 0.5) is 5.69 Å². The van der Waals surface area contributed by atoms with Crippen LogP contribution in [0.1, 0.15) is 38.7 Å².